The van der Waals surface area contributed by atoms with Crippen molar-refractivity contribution in [2.24, 2.45) is 5.41 Å². The molecule has 0 radical (unpaired) electrons. The van der Waals surface area contributed by atoms with E-state index in [1.54, 1.807) is 0 Å². The zero-order valence-corrected chi connectivity index (χ0v) is 11.9. The Morgan fingerprint density at radius 2 is 2.17 bits per heavy atom. The minimum absolute atomic E-state index is 0.400. The van der Waals surface area contributed by atoms with Crippen LogP contribution in [0.1, 0.15) is 32.0 Å². The van der Waals surface area contributed by atoms with Crippen LogP contribution >= 0.6 is 23.2 Å². The molecule has 2 aromatic rings. The molecule has 18 heavy (non-hydrogen) atoms. The smallest absolute Gasteiger partial charge is 0.124 e. The molecule has 1 aliphatic rings. The van der Waals surface area contributed by atoms with E-state index in [9.17, 15) is 0 Å². The molecule has 96 valence electrons. The lowest BCUT2D eigenvalue weighted by atomic mass is 9.70. The Hall–Kier alpha value is -0.730. The molecule has 1 aliphatic carbocycles. The van der Waals surface area contributed by atoms with Gasteiger partial charge in [-0.05, 0) is 36.5 Å². The minimum Gasteiger partial charge on any atom is -0.326 e. The predicted octanol–water partition coefficient (Wildman–Crippen LogP) is 4.62. The summed E-state index contributed by atoms with van der Waals surface area (Å²) in [6.45, 7) is 3.33. The summed E-state index contributed by atoms with van der Waals surface area (Å²) in [5, 5.41) is 0.753. The molecule has 0 atom stereocenters. The molecule has 1 fully saturated rings. The fraction of sp³-hybridized carbons (Fsp3) is 0.500. The number of nitrogens with zero attached hydrogens (tertiary/aromatic N) is 2. The molecule has 4 heteroatoms. The molecule has 1 aromatic heterocycles. The Labute approximate surface area is 117 Å². The first kappa shape index (κ1) is 12.3. The fourth-order valence-electron chi connectivity index (χ4n) is 2.74. The maximum absolute atomic E-state index is 6.09. The molecular weight excluding hydrogens is 267 g/mol. The van der Waals surface area contributed by atoms with Crippen LogP contribution in [0.2, 0.25) is 5.02 Å². The van der Waals surface area contributed by atoms with Crippen LogP contribution in [-0.2, 0) is 12.4 Å². The molecule has 0 amide bonds. The van der Waals surface area contributed by atoms with Crippen molar-refractivity contribution in [1.29, 1.82) is 0 Å². The Bertz CT molecular complexity index is 585. The van der Waals surface area contributed by atoms with Crippen molar-refractivity contribution in [2.75, 3.05) is 0 Å². The van der Waals surface area contributed by atoms with Gasteiger partial charge < -0.3 is 4.57 Å². The quantitative estimate of drug-likeness (QED) is 0.752. The van der Waals surface area contributed by atoms with Gasteiger partial charge in [0.2, 0.25) is 0 Å². The van der Waals surface area contributed by atoms with Crippen LogP contribution in [0.4, 0.5) is 0 Å². The average Bonchev–Trinajstić information content (AvgIpc) is 2.65. The first-order valence-electron chi connectivity index (χ1n) is 6.32. The third-order valence-corrected chi connectivity index (χ3v) is 4.48. The lowest BCUT2D eigenvalue weighted by Crippen LogP contribution is -2.31. The number of rotatable bonds is 3. The van der Waals surface area contributed by atoms with Crippen LogP contribution in [-0.4, -0.2) is 9.55 Å². The second-order valence-corrected chi connectivity index (χ2v) is 6.25. The molecule has 1 heterocycles. The normalized spacial score (nSPS) is 17.9. The van der Waals surface area contributed by atoms with E-state index in [0.717, 1.165) is 28.4 Å². The third kappa shape index (κ3) is 2.02. The summed E-state index contributed by atoms with van der Waals surface area (Å²) >= 11 is 12.1. The van der Waals surface area contributed by atoms with Crippen LogP contribution in [0.3, 0.4) is 0 Å². The zero-order valence-electron chi connectivity index (χ0n) is 10.4. The maximum Gasteiger partial charge on any atom is 0.124 e. The molecule has 0 aliphatic heterocycles. The number of imidazole rings is 1. The Morgan fingerprint density at radius 1 is 1.39 bits per heavy atom. The minimum atomic E-state index is 0.400. The van der Waals surface area contributed by atoms with Crippen LogP contribution in [0, 0.1) is 5.41 Å². The molecule has 1 saturated carbocycles. The van der Waals surface area contributed by atoms with E-state index < -0.39 is 0 Å². The largest absolute Gasteiger partial charge is 0.326 e. The Morgan fingerprint density at radius 3 is 2.78 bits per heavy atom. The number of hydrogen-bond acceptors (Lipinski definition) is 1. The summed E-state index contributed by atoms with van der Waals surface area (Å²) in [4.78, 5) is 4.59. The Balaban J connectivity index is 2.09. The average molecular weight is 283 g/mol. The number of halogens is 2. The van der Waals surface area contributed by atoms with Crippen molar-refractivity contribution in [3.8, 4) is 0 Å². The van der Waals surface area contributed by atoms with E-state index in [0.29, 0.717) is 11.3 Å². The topological polar surface area (TPSA) is 17.8 Å². The molecule has 3 rings (SSSR count). The van der Waals surface area contributed by atoms with Gasteiger partial charge in [-0.1, -0.05) is 24.9 Å². The van der Waals surface area contributed by atoms with E-state index in [1.165, 1.54) is 19.3 Å². The zero-order chi connectivity index (χ0) is 12.8. The first-order chi connectivity index (χ1) is 8.61. The van der Waals surface area contributed by atoms with Gasteiger partial charge in [-0.3, -0.25) is 0 Å². The van der Waals surface area contributed by atoms with Crippen molar-refractivity contribution in [3.63, 3.8) is 0 Å². The highest BCUT2D eigenvalue weighted by atomic mass is 35.5. The molecule has 2 nitrogen and oxygen atoms in total. The maximum atomic E-state index is 6.09. The van der Waals surface area contributed by atoms with E-state index in [-0.39, 0.29) is 0 Å². The van der Waals surface area contributed by atoms with Gasteiger partial charge in [-0.15, -0.1) is 11.6 Å². The summed E-state index contributed by atoms with van der Waals surface area (Å²) in [7, 11) is 0. The molecule has 0 bridgehead atoms. The summed E-state index contributed by atoms with van der Waals surface area (Å²) < 4.78 is 2.24. The molecular formula is C14H16Cl2N2. The van der Waals surface area contributed by atoms with E-state index in [4.69, 9.17) is 23.2 Å². The molecule has 0 unspecified atom stereocenters. The standard InChI is InChI=1S/C14H16Cl2N2/c1-14(5-2-6-14)9-18-12-7-10(16)3-4-11(12)17-13(18)8-15/h3-4,7H,2,5-6,8-9H2,1H3. The second kappa shape index (κ2) is 4.43. The van der Waals surface area contributed by atoms with E-state index >= 15 is 0 Å². The van der Waals surface area contributed by atoms with Crippen LogP contribution < -0.4 is 0 Å². The summed E-state index contributed by atoms with van der Waals surface area (Å²) in [5.41, 5.74) is 2.49. The third-order valence-electron chi connectivity index (χ3n) is 4.01. The van der Waals surface area contributed by atoms with Crippen molar-refractivity contribution in [2.45, 2.75) is 38.6 Å². The second-order valence-electron chi connectivity index (χ2n) is 5.55. The SMILES string of the molecule is CC1(Cn2c(CCl)nc3ccc(Cl)cc32)CCC1. The monoisotopic (exact) mass is 282 g/mol. The number of aromatic nitrogens is 2. The van der Waals surface area contributed by atoms with Crippen molar-refractivity contribution in [1.82, 2.24) is 9.55 Å². The number of benzene rings is 1. The van der Waals surface area contributed by atoms with Gasteiger partial charge in [0, 0.05) is 11.6 Å². The fourth-order valence-corrected chi connectivity index (χ4v) is 3.11. The van der Waals surface area contributed by atoms with Gasteiger partial charge in [0.05, 0.1) is 16.9 Å². The van der Waals surface area contributed by atoms with Gasteiger partial charge >= 0.3 is 0 Å². The highest BCUT2D eigenvalue weighted by Gasteiger charge is 2.33. The molecule has 0 spiro atoms. The summed E-state index contributed by atoms with van der Waals surface area (Å²) in [5.74, 6) is 1.39. The molecule has 0 N–H and O–H groups in total. The molecule has 0 saturated heterocycles. The van der Waals surface area contributed by atoms with Crippen molar-refractivity contribution < 1.29 is 0 Å². The van der Waals surface area contributed by atoms with Gasteiger partial charge in [-0.25, -0.2) is 4.98 Å². The lowest BCUT2D eigenvalue weighted by Gasteiger charge is -2.39. The summed E-state index contributed by atoms with van der Waals surface area (Å²) in [6.07, 6.45) is 3.91. The number of hydrogen-bond donors (Lipinski definition) is 0. The Kier molecular flexibility index (Phi) is 3.03. The van der Waals surface area contributed by atoms with Crippen LogP contribution in [0.15, 0.2) is 18.2 Å². The van der Waals surface area contributed by atoms with Gasteiger partial charge in [0.15, 0.2) is 0 Å². The van der Waals surface area contributed by atoms with E-state index in [1.807, 2.05) is 18.2 Å². The predicted molar refractivity (Wildman–Crippen MR) is 76.3 cm³/mol. The highest BCUT2D eigenvalue weighted by Crippen LogP contribution is 2.42. The highest BCUT2D eigenvalue weighted by molar-refractivity contribution is 6.31. The van der Waals surface area contributed by atoms with Crippen molar-refractivity contribution in [3.05, 3.63) is 29.0 Å². The number of alkyl halides is 1. The van der Waals surface area contributed by atoms with Gasteiger partial charge in [0.1, 0.15) is 5.82 Å². The summed E-state index contributed by atoms with van der Waals surface area (Å²) in [6, 6.07) is 5.83. The van der Waals surface area contributed by atoms with Gasteiger partial charge in [-0.2, -0.15) is 0 Å². The van der Waals surface area contributed by atoms with Crippen molar-refractivity contribution >= 4 is 34.2 Å². The van der Waals surface area contributed by atoms with Gasteiger partial charge in [0.25, 0.3) is 0 Å². The van der Waals surface area contributed by atoms with Crippen LogP contribution in [0.5, 0.6) is 0 Å². The lowest BCUT2D eigenvalue weighted by molar-refractivity contribution is 0.133. The van der Waals surface area contributed by atoms with Crippen LogP contribution in [0.25, 0.3) is 11.0 Å². The molecule has 1 aromatic carbocycles. The number of fused-ring (bicyclic) bond motifs is 1. The van der Waals surface area contributed by atoms with E-state index in [2.05, 4.69) is 16.5 Å². The first-order valence-corrected chi connectivity index (χ1v) is 7.23.